The molecule has 20 heteroatoms. The van der Waals surface area contributed by atoms with Crippen molar-refractivity contribution in [3.63, 3.8) is 0 Å². The van der Waals surface area contributed by atoms with E-state index in [4.69, 9.17) is 76.8 Å². The molecular weight excluding hydrogens is 936 g/mol. The second-order valence-corrected chi connectivity index (χ2v) is 35.1. The van der Waals surface area contributed by atoms with Crippen LogP contribution in [-0.4, -0.2) is 117 Å². The molecule has 0 fully saturated rings. The van der Waals surface area contributed by atoms with Crippen LogP contribution in [0.3, 0.4) is 0 Å². The summed E-state index contributed by atoms with van der Waals surface area (Å²) in [4.78, 5) is 63.1. The number of aliphatic hydroxyl groups is 2. The number of rotatable bonds is 30. The molecule has 0 atom stereocenters. The van der Waals surface area contributed by atoms with Crippen LogP contribution in [0.1, 0.15) is 77.0 Å². The molecule has 0 aliphatic carbocycles. The van der Waals surface area contributed by atoms with Crippen molar-refractivity contribution in [1.82, 2.24) is 0 Å². The van der Waals surface area contributed by atoms with E-state index in [9.17, 15) is 28.8 Å². The van der Waals surface area contributed by atoms with Gasteiger partial charge in [-0.15, -0.1) is 25.7 Å². The molecule has 0 spiro atoms. The van der Waals surface area contributed by atoms with Gasteiger partial charge in [-0.1, -0.05) is 37.5 Å². The molecule has 0 aromatic rings. The van der Waals surface area contributed by atoms with Gasteiger partial charge in [-0.2, -0.15) is 0 Å². The van der Waals surface area contributed by atoms with E-state index in [2.05, 4.69) is 73.7 Å². The number of carbonyl (C=O) groups is 6. The van der Waals surface area contributed by atoms with Crippen LogP contribution in [0.5, 0.6) is 0 Å². The quantitative estimate of drug-likeness (QED) is 0.0135. The van der Waals surface area contributed by atoms with Crippen LogP contribution < -0.4 is 0 Å². The molecule has 0 heterocycles. The second kappa shape index (κ2) is 41.2. The number of aliphatic hydroxyl groups excluding tert-OH is 2. The Labute approximate surface area is 397 Å². The van der Waals surface area contributed by atoms with Crippen molar-refractivity contribution >= 4 is 90.8 Å². The highest BCUT2D eigenvalue weighted by Gasteiger charge is 2.33. The summed E-state index contributed by atoms with van der Waals surface area (Å²) in [7, 11) is -6.59. The molecule has 2 N–H and O–H groups in total. The second-order valence-electron chi connectivity index (χ2n) is 16.5. The summed E-state index contributed by atoms with van der Waals surface area (Å²) in [6, 6.07) is 4.33. The SMILES string of the molecule is C#CC(=O)OCCCC[Si](C)(C)O[Si](C)(C)CCCCOC(=O)C#C.C#CCOC(=O)CCC(=O)OCC#C.C[Si](C)(CCCCO)O[Si](C)(C)CCCCO.O=C(Cl)CCC(=O)Cl. The number of carbonyl (C=O) groups excluding carboxylic acids is 6. The van der Waals surface area contributed by atoms with Crippen LogP contribution in [0.25, 0.3) is 0 Å². The van der Waals surface area contributed by atoms with E-state index < -0.39 is 67.6 Å². The lowest BCUT2D eigenvalue weighted by Crippen LogP contribution is -2.44. The first kappa shape index (κ1) is 67.3. The zero-order valence-electron chi connectivity index (χ0n) is 39.4. The normalized spacial score (nSPS) is 10.8. The van der Waals surface area contributed by atoms with E-state index in [0.29, 0.717) is 26.4 Å². The van der Waals surface area contributed by atoms with E-state index in [0.717, 1.165) is 75.5 Å². The average Bonchev–Trinajstić information content (AvgIpc) is 3.20. The standard InChI is InChI=1S/C18H30O5Si2.C12H30O3Si2.C10H10O4.C4H4Cl2O2/c1-7-17(19)21-13-9-11-15-24(3,4)23-25(5,6)16-12-10-14-22-18(20)8-2;1-16(2,11-7-5-9-13)15-17(3,4)12-8-6-10-14;1-3-7-13-9(11)5-6-10(12)14-8-4-2;5-3(7)1-2-4(6)8/h1-2H,9-16H2,3-6H3;13-14H,5-12H2,1-4H3;1-2H,5-8H2;1-2H2. The number of esters is 4. The first-order chi connectivity index (χ1) is 29.8. The Kier molecular flexibility index (Phi) is 43.3. The van der Waals surface area contributed by atoms with Crippen LogP contribution in [0.2, 0.25) is 76.6 Å². The van der Waals surface area contributed by atoms with Gasteiger partial charge >= 0.3 is 23.9 Å². The molecule has 364 valence electrons. The van der Waals surface area contributed by atoms with E-state index in [1.54, 1.807) is 0 Å². The fourth-order valence-corrected chi connectivity index (χ4v) is 23.7. The summed E-state index contributed by atoms with van der Waals surface area (Å²) in [6.45, 7) is 19.2. The summed E-state index contributed by atoms with van der Waals surface area (Å²) < 4.78 is 31.7. The van der Waals surface area contributed by atoms with Gasteiger partial charge in [0.1, 0.15) is 0 Å². The zero-order valence-corrected chi connectivity index (χ0v) is 44.9. The van der Waals surface area contributed by atoms with Crippen molar-refractivity contribution in [1.29, 1.82) is 0 Å². The summed E-state index contributed by atoms with van der Waals surface area (Å²) in [5.74, 6) is 5.87. The molecular formula is C44H74Cl2O14Si4. The van der Waals surface area contributed by atoms with Gasteiger partial charge in [0, 0.05) is 37.9 Å². The van der Waals surface area contributed by atoms with Gasteiger partial charge in [0.05, 0.1) is 26.1 Å². The summed E-state index contributed by atoms with van der Waals surface area (Å²) in [5, 5.41) is 16.5. The Bertz CT molecular complexity index is 1420. The third kappa shape index (κ3) is 53.1. The Hall–Kier alpha value is -3.25. The molecule has 0 aromatic heterocycles. The van der Waals surface area contributed by atoms with Crippen molar-refractivity contribution in [3.05, 3.63) is 0 Å². The topological polar surface area (TPSA) is 198 Å². The van der Waals surface area contributed by atoms with E-state index >= 15 is 0 Å². The monoisotopic (exact) mass is 1010 g/mol. The van der Waals surface area contributed by atoms with Crippen LogP contribution in [0, 0.1) is 49.4 Å². The van der Waals surface area contributed by atoms with E-state index in [-0.39, 0.29) is 38.9 Å². The Morgan fingerprint density at radius 1 is 0.453 bits per heavy atom. The lowest BCUT2D eigenvalue weighted by molar-refractivity contribution is -0.148. The molecule has 0 aromatic carbocycles. The molecule has 0 saturated carbocycles. The smallest absolute Gasteiger partial charge is 0.384 e. The minimum Gasteiger partial charge on any atom is -0.456 e. The van der Waals surface area contributed by atoms with E-state index in [1.807, 2.05) is 11.8 Å². The first-order valence-electron chi connectivity index (χ1n) is 21.2. The van der Waals surface area contributed by atoms with Crippen LogP contribution >= 0.6 is 23.2 Å². The van der Waals surface area contributed by atoms with Crippen molar-refractivity contribution in [2.24, 2.45) is 0 Å². The van der Waals surface area contributed by atoms with Gasteiger partial charge < -0.3 is 37.4 Å². The van der Waals surface area contributed by atoms with Crippen LogP contribution in [0.15, 0.2) is 0 Å². The largest absolute Gasteiger partial charge is 0.456 e. The fourth-order valence-electron chi connectivity index (χ4n) is 5.53. The van der Waals surface area contributed by atoms with Crippen molar-refractivity contribution in [2.75, 3.05) is 39.6 Å². The number of hydrogen-bond acceptors (Lipinski definition) is 14. The predicted molar refractivity (Wildman–Crippen MR) is 262 cm³/mol. The minimum absolute atomic E-state index is 0.0316. The number of unbranched alkanes of at least 4 members (excludes halogenated alkanes) is 4. The number of halogens is 2. The van der Waals surface area contributed by atoms with Gasteiger partial charge in [-0.05, 0) is 125 Å². The molecule has 14 nitrogen and oxygen atoms in total. The number of ether oxygens (including phenoxy) is 4. The maximum absolute atomic E-state index is 10.9. The average molecular weight is 1010 g/mol. The zero-order chi connectivity index (χ0) is 50.1. The van der Waals surface area contributed by atoms with Gasteiger partial charge in [0.25, 0.3) is 0 Å². The lowest BCUT2D eigenvalue weighted by atomic mass is 10.3. The Balaban J connectivity index is -0.000000402. The third-order valence-corrected chi connectivity index (χ3v) is 23.7. The summed E-state index contributed by atoms with van der Waals surface area (Å²) in [6.07, 6.45) is 27.0. The molecule has 0 radical (unpaired) electrons. The molecule has 0 unspecified atom stereocenters. The number of terminal acetylenes is 4. The third-order valence-electron chi connectivity index (χ3n) is 8.21. The van der Waals surface area contributed by atoms with Gasteiger partial charge in [-0.25, -0.2) is 9.59 Å². The summed E-state index contributed by atoms with van der Waals surface area (Å²) >= 11 is 9.74. The van der Waals surface area contributed by atoms with Crippen molar-refractivity contribution < 1.29 is 66.2 Å². The van der Waals surface area contributed by atoms with E-state index in [1.165, 1.54) is 0 Å². The van der Waals surface area contributed by atoms with Gasteiger partial charge in [-0.3, -0.25) is 19.2 Å². The molecule has 0 bridgehead atoms. The minimum atomic E-state index is -1.75. The highest BCUT2D eigenvalue weighted by atomic mass is 35.5. The molecule has 0 saturated heterocycles. The lowest BCUT2D eigenvalue weighted by Gasteiger charge is -2.34. The highest BCUT2D eigenvalue weighted by Crippen LogP contribution is 2.26. The van der Waals surface area contributed by atoms with Crippen LogP contribution in [-0.2, 0) is 55.9 Å². The van der Waals surface area contributed by atoms with Crippen molar-refractivity contribution in [3.8, 4) is 49.4 Å². The Morgan fingerprint density at radius 2 is 0.734 bits per heavy atom. The first-order valence-corrected chi connectivity index (χ1v) is 34.4. The fraction of sp³-hybridized carbons (Fsp3) is 0.682. The molecule has 0 amide bonds. The maximum atomic E-state index is 10.9. The highest BCUT2D eigenvalue weighted by molar-refractivity contribution is 6.85. The molecule has 64 heavy (non-hydrogen) atoms. The maximum Gasteiger partial charge on any atom is 0.384 e. The molecule has 0 aliphatic heterocycles. The summed E-state index contributed by atoms with van der Waals surface area (Å²) in [5.41, 5.74) is 0. The van der Waals surface area contributed by atoms with Gasteiger partial charge in [0.2, 0.25) is 10.5 Å². The van der Waals surface area contributed by atoms with Crippen molar-refractivity contribution in [2.45, 2.75) is 154 Å². The van der Waals surface area contributed by atoms with Crippen LogP contribution in [0.4, 0.5) is 0 Å². The predicted octanol–water partition coefficient (Wildman–Crippen LogP) is 7.70. The molecule has 0 rings (SSSR count). The Morgan fingerprint density at radius 3 is 0.969 bits per heavy atom. The number of hydrogen-bond donors (Lipinski definition) is 2. The molecule has 0 aliphatic rings. The van der Waals surface area contributed by atoms with Gasteiger partial charge in [0.15, 0.2) is 46.5 Å².